The highest BCUT2D eigenvalue weighted by Gasteiger charge is 1.78. The first-order chi connectivity index (χ1) is 3.27. The molecule has 38 valence electrons. The molecule has 0 aliphatic rings. The van der Waals surface area contributed by atoms with Crippen molar-refractivity contribution >= 4 is 17.3 Å². The summed E-state index contributed by atoms with van der Waals surface area (Å²) >= 11 is 4.54. The Morgan fingerprint density at radius 3 is 2.71 bits per heavy atom. The van der Waals surface area contributed by atoms with E-state index in [-0.39, 0.29) is 6.61 Å². The largest absolute Gasteiger partial charge is 0.475 e. The number of hydrogen-bond acceptors (Lipinski definition) is 2. The first-order valence-corrected chi connectivity index (χ1v) is 2.25. The van der Waals surface area contributed by atoms with E-state index in [1.54, 1.807) is 6.92 Å². The molecule has 0 aromatic rings. The van der Waals surface area contributed by atoms with Crippen molar-refractivity contribution in [3.8, 4) is 12.3 Å². The van der Waals surface area contributed by atoms with Gasteiger partial charge in [-0.2, -0.15) is 0 Å². The lowest BCUT2D eigenvalue weighted by Crippen LogP contribution is -1.94. The summed E-state index contributed by atoms with van der Waals surface area (Å²) in [6, 6.07) is 0. The van der Waals surface area contributed by atoms with E-state index in [0.29, 0.717) is 5.05 Å². The molecule has 0 bridgehead atoms. The summed E-state index contributed by atoms with van der Waals surface area (Å²) in [7, 11) is 0. The fourth-order valence-electron chi connectivity index (χ4n) is 0.143. The summed E-state index contributed by atoms with van der Waals surface area (Å²) < 4.78 is 4.69. The van der Waals surface area contributed by atoms with Gasteiger partial charge in [-0.05, 0) is 12.2 Å². The minimum atomic E-state index is 0.287. The van der Waals surface area contributed by atoms with Crippen LogP contribution in [0.2, 0.25) is 0 Å². The minimum Gasteiger partial charge on any atom is -0.475 e. The van der Waals surface area contributed by atoms with Gasteiger partial charge in [0, 0.05) is 6.92 Å². The fourth-order valence-corrected chi connectivity index (χ4v) is 0.202. The lowest BCUT2D eigenvalue weighted by Gasteiger charge is -1.92. The second-order valence-electron chi connectivity index (χ2n) is 0.984. The predicted molar refractivity (Wildman–Crippen MR) is 33.1 cm³/mol. The molecule has 0 aliphatic carbocycles. The van der Waals surface area contributed by atoms with Crippen molar-refractivity contribution in [3.05, 3.63) is 0 Å². The van der Waals surface area contributed by atoms with Crippen LogP contribution in [-0.4, -0.2) is 11.7 Å². The third kappa shape index (κ3) is 5.45. The summed E-state index contributed by atoms with van der Waals surface area (Å²) in [5.74, 6) is 2.29. The molecule has 0 heterocycles. The van der Waals surface area contributed by atoms with Crippen LogP contribution in [0.15, 0.2) is 0 Å². The molecule has 0 saturated carbocycles. The van der Waals surface area contributed by atoms with Crippen LogP contribution in [-0.2, 0) is 4.74 Å². The maximum atomic E-state index is 4.84. The van der Waals surface area contributed by atoms with Gasteiger partial charge in [-0.1, -0.05) is 5.92 Å². The summed E-state index contributed by atoms with van der Waals surface area (Å²) in [6.45, 7) is 1.97. The van der Waals surface area contributed by atoms with Gasteiger partial charge in [0.2, 0.25) is 0 Å². The van der Waals surface area contributed by atoms with Crippen LogP contribution in [0.1, 0.15) is 6.92 Å². The molecular weight excluding hydrogens is 108 g/mol. The molecule has 2 heteroatoms. The van der Waals surface area contributed by atoms with E-state index in [1.807, 2.05) is 0 Å². The highest BCUT2D eigenvalue weighted by Crippen LogP contribution is 1.75. The van der Waals surface area contributed by atoms with Crippen molar-refractivity contribution in [1.29, 1.82) is 0 Å². The number of rotatable bonds is 1. The highest BCUT2D eigenvalue weighted by molar-refractivity contribution is 7.80. The Kier molecular flexibility index (Phi) is 3.35. The van der Waals surface area contributed by atoms with Crippen LogP contribution in [0.4, 0.5) is 0 Å². The molecule has 0 rings (SSSR count). The Morgan fingerprint density at radius 2 is 2.57 bits per heavy atom. The van der Waals surface area contributed by atoms with Gasteiger partial charge >= 0.3 is 0 Å². The number of ether oxygens (including phenoxy) is 1. The smallest absolute Gasteiger partial charge is 0.158 e. The average Bonchev–Trinajstić information content (AvgIpc) is 1.61. The third-order valence-electron chi connectivity index (χ3n) is 0.359. The molecule has 0 spiro atoms. The van der Waals surface area contributed by atoms with Gasteiger partial charge in [0.15, 0.2) is 5.05 Å². The number of hydrogen-bond donors (Lipinski definition) is 0. The lowest BCUT2D eigenvalue weighted by molar-refractivity contribution is 0.365. The Hall–Kier alpha value is -0.550. The van der Waals surface area contributed by atoms with Crippen molar-refractivity contribution in [3.63, 3.8) is 0 Å². The van der Waals surface area contributed by atoms with Crippen LogP contribution in [0.5, 0.6) is 0 Å². The predicted octanol–water partition coefficient (Wildman–Crippen LogP) is 0.984. The quantitative estimate of drug-likeness (QED) is 0.371. The Bertz CT molecular complexity index is 101. The van der Waals surface area contributed by atoms with E-state index in [2.05, 4.69) is 22.9 Å². The average molecular weight is 114 g/mol. The molecule has 0 amide bonds. The van der Waals surface area contributed by atoms with Crippen LogP contribution in [0.25, 0.3) is 0 Å². The van der Waals surface area contributed by atoms with E-state index in [1.165, 1.54) is 0 Å². The summed E-state index contributed by atoms with van der Waals surface area (Å²) in [5, 5.41) is 0.498. The lowest BCUT2D eigenvalue weighted by atomic mass is 10.7. The van der Waals surface area contributed by atoms with Gasteiger partial charge in [-0.15, -0.1) is 6.42 Å². The number of thiocarbonyl (C=S) groups is 1. The Morgan fingerprint density at radius 1 is 2.00 bits per heavy atom. The molecule has 1 nitrogen and oxygen atoms in total. The first kappa shape index (κ1) is 6.45. The SMILES string of the molecule is C#CCOC(C)=S. The fraction of sp³-hybridized carbons (Fsp3) is 0.400. The second kappa shape index (κ2) is 3.63. The maximum absolute atomic E-state index is 4.84. The molecule has 0 radical (unpaired) electrons. The minimum absolute atomic E-state index is 0.287. The normalized spacial score (nSPS) is 6.86. The zero-order valence-corrected chi connectivity index (χ0v) is 4.92. The van der Waals surface area contributed by atoms with Crippen molar-refractivity contribution in [1.82, 2.24) is 0 Å². The van der Waals surface area contributed by atoms with Crippen LogP contribution in [0, 0.1) is 12.3 Å². The van der Waals surface area contributed by atoms with Crippen molar-refractivity contribution < 1.29 is 4.74 Å². The second-order valence-corrected chi connectivity index (χ2v) is 1.56. The molecular formula is C5H6OS. The molecule has 0 saturated heterocycles. The van der Waals surface area contributed by atoms with Crippen LogP contribution in [0.3, 0.4) is 0 Å². The third-order valence-corrected chi connectivity index (χ3v) is 0.477. The molecule has 0 N–H and O–H groups in total. The van der Waals surface area contributed by atoms with E-state index < -0.39 is 0 Å². The monoisotopic (exact) mass is 114 g/mol. The summed E-state index contributed by atoms with van der Waals surface area (Å²) in [4.78, 5) is 0. The molecule has 0 aromatic carbocycles. The first-order valence-electron chi connectivity index (χ1n) is 1.84. The van der Waals surface area contributed by atoms with Gasteiger partial charge in [0.25, 0.3) is 0 Å². The van der Waals surface area contributed by atoms with Crippen molar-refractivity contribution in [2.45, 2.75) is 6.92 Å². The number of terminal acetylenes is 1. The van der Waals surface area contributed by atoms with Crippen LogP contribution >= 0.6 is 12.2 Å². The topological polar surface area (TPSA) is 9.23 Å². The van der Waals surface area contributed by atoms with Crippen LogP contribution < -0.4 is 0 Å². The molecule has 7 heavy (non-hydrogen) atoms. The Labute approximate surface area is 48.7 Å². The maximum Gasteiger partial charge on any atom is 0.158 e. The van der Waals surface area contributed by atoms with Gasteiger partial charge in [-0.3, -0.25) is 0 Å². The van der Waals surface area contributed by atoms with Gasteiger partial charge in [0.1, 0.15) is 6.61 Å². The molecule has 0 atom stereocenters. The molecule has 0 aromatic heterocycles. The van der Waals surface area contributed by atoms with E-state index in [0.717, 1.165) is 0 Å². The van der Waals surface area contributed by atoms with Crippen molar-refractivity contribution in [2.75, 3.05) is 6.61 Å². The van der Waals surface area contributed by atoms with E-state index in [9.17, 15) is 0 Å². The molecule has 0 fully saturated rings. The van der Waals surface area contributed by atoms with E-state index in [4.69, 9.17) is 6.42 Å². The van der Waals surface area contributed by atoms with E-state index >= 15 is 0 Å². The Balaban J connectivity index is 3.02. The summed E-state index contributed by atoms with van der Waals surface area (Å²) in [5.41, 5.74) is 0. The zero-order valence-electron chi connectivity index (χ0n) is 4.10. The molecule has 0 unspecified atom stereocenters. The standard InChI is InChI=1S/C5H6OS/c1-3-4-6-5(2)7/h1H,4H2,2H3. The summed E-state index contributed by atoms with van der Waals surface area (Å²) in [6.07, 6.45) is 4.84. The van der Waals surface area contributed by atoms with Gasteiger partial charge in [0.05, 0.1) is 0 Å². The van der Waals surface area contributed by atoms with Gasteiger partial charge in [-0.25, -0.2) is 0 Å². The highest BCUT2D eigenvalue weighted by atomic mass is 32.1. The zero-order chi connectivity index (χ0) is 5.70. The molecule has 0 aliphatic heterocycles. The van der Waals surface area contributed by atoms with Crippen molar-refractivity contribution in [2.24, 2.45) is 0 Å². The van der Waals surface area contributed by atoms with Gasteiger partial charge < -0.3 is 4.74 Å².